The number of hydrogen-bond acceptors (Lipinski definition) is 7. The third kappa shape index (κ3) is 7.06. The Balaban J connectivity index is 2.01. The van der Waals surface area contributed by atoms with Gasteiger partial charge in [-0.15, -0.1) is 0 Å². The minimum Gasteiger partial charge on any atom is -0.444 e. The van der Waals surface area contributed by atoms with E-state index in [4.69, 9.17) is 14.2 Å². The van der Waals surface area contributed by atoms with Crippen molar-refractivity contribution in [1.82, 2.24) is 10.3 Å². The van der Waals surface area contributed by atoms with E-state index in [1.54, 1.807) is 0 Å². The van der Waals surface area contributed by atoms with Crippen LogP contribution in [0.15, 0.2) is 18.2 Å². The van der Waals surface area contributed by atoms with Gasteiger partial charge in [0.2, 0.25) is 0 Å². The summed E-state index contributed by atoms with van der Waals surface area (Å²) < 4.78 is 17.4. The Hall–Kier alpha value is -1.74. The molecule has 1 amide bonds. The van der Waals surface area contributed by atoms with Crippen molar-refractivity contribution in [2.75, 3.05) is 25.1 Å². The number of anilines is 1. The molecule has 2 rings (SSSR count). The Kier molecular flexibility index (Phi) is 7.97. The Morgan fingerprint density at radius 1 is 1.22 bits per heavy atom. The summed E-state index contributed by atoms with van der Waals surface area (Å²) >= 11 is 1.42. The van der Waals surface area contributed by atoms with Gasteiger partial charge in [0.25, 0.3) is 0 Å². The average molecular weight is 396 g/mol. The van der Waals surface area contributed by atoms with E-state index >= 15 is 0 Å². The number of ether oxygens (including phenoxy) is 3. The van der Waals surface area contributed by atoms with Crippen molar-refractivity contribution < 1.29 is 19.0 Å². The Bertz CT molecular complexity index is 736. The predicted octanol–water partition coefficient (Wildman–Crippen LogP) is 4.13. The van der Waals surface area contributed by atoms with Crippen molar-refractivity contribution in [1.29, 1.82) is 0 Å². The molecule has 1 aromatic carbocycles. The Morgan fingerprint density at radius 2 is 1.93 bits per heavy atom. The van der Waals surface area contributed by atoms with E-state index in [0.717, 1.165) is 15.8 Å². The summed E-state index contributed by atoms with van der Waals surface area (Å²) in [6, 6.07) is 5.99. The molecular formula is C19H29N3O4S. The van der Waals surface area contributed by atoms with Gasteiger partial charge in [-0.05, 0) is 46.2 Å². The lowest BCUT2D eigenvalue weighted by Crippen LogP contribution is -2.31. The number of amides is 1. The van der Waals surface area contributed by atoms with Gasteiger partial charge in [0, 0.05) is 26.3 Å². The SMILES string of the molecule is CCOC(CNCc1cccc2sc(NC(=O)OC(C)(C)C)nc12)OCC. The third-order valence-corrected chi connectivity index (χ3v) is 4.38. The van der Waals surface area contributed by atoms with Gasteiger partial charge in [0.1, 0.15) is 5.60 Å². The topological polar surface area (TPSA) is 81.7 Å². The number of para-hydroxylation sites is 1. The number of nitrogens with one attached hydrogen (secondary N) is 2. The van der Waals surface area contributed by atoms with E-state index in [-0.39, 0.29) is 6.29 Å². The van der Waals surface area contributed by atoms with Crippen LogP contribution in [0.5, 0.6) is 0 Å². The number of rotatable bonds is 9. The largest absolute Gasteiger partial charge is 0.444 e. The van der Waals surface area contributed by atoms with Crippen LogP contribution in [0.4, 0.5) is 9.93 Å². The lowest BCUT2D eigenvalue weighted by molar-refractivity contribution is -0.133. The van der Waals surface area contributed by atoms with Crippen molar-refractivity contribution in [3.8, 4) is 0 Å². The molecule has 8 heteroatoms. The zero-order valence-electron chi connectivity index (χ0n) is 16.6. The molecule has 27 heavy (non-hydrogen) atoms. The molecule has 0 aliphatic heterocycles. The van der Waals surface area contributed by atoms with Crippen molar-refractivity contribution in [3.05, 3.63) is 23.8 Å². The number of carbonyl (C=O) groups excluding carboxylic acids is 1. The van der Waals surface area contributed by atoms with Gasteiger partial charge in [-0.1, -0.05) is 23.5 Å². The van der Waals surface area contributed by atoms with Gasteiger partial charge in [-0.3, -0.25) is 5.32 Å². The van der Waals surface area contributed by atoms with Crippen LogP contribution < -0.4 is 10.6 Å². The maximum atomic E-state index is 12.0. The van der Waals surface area contributed by atoms with Gasteiger partial charge in [0.05, 0.1) is 10.2 Å². The number of hydrogen-bond donors (Lipinski definition) is 2. The highest BCUT2D eigenvalue weighted by atomic mass is 32.1. The van der Waals surface area contributed by atoms with Crippen molar-refractivity contribution in [2.24, 2.45) is 0 Å². The molecule has 0 saturated heterocycles. The summed E-state index contributed by atoms with van der Waals surface area (Å²) in [5.74, 6) is 0. The third-order valence-electron chi connectivity index (χ3n) is 3.44. The molecule has 150 valence electrons. The van der Waals surface area contributed by atoms with Crippen LogP contribution in [0.1, 0.15) is 40.2 Å². The van der Waals surface area contributed by atoms with Gasteiger partial charge >= 0.3 is 6.09 Å². The Labute approximate surface area is 164 Å². The summed E-state index contributed by atoms with van der Waals surface area (Å²) in [7, 11) is 0. The molecule has 2 N–H and O–H groups in total. The summed E-state index contributed by atoms with van der Waals surface area (Å²) in [4.78, 5) is 16.5. The second-order valence-electron chi connectivity index (χ2n) is 6.88. The van der Waals surface area contributed by atoms with E-state index in [1.807, 2.05) is 52.8 Å². The number of carbonyl (C=O) groups is 1. The van der Waals surface area contributed by atoms with Crippen LogP contribution in [0, 0.1) is 0 Å². The molecule has 1 aromatic heterocycles. The lowest BCUT2D eigenvalue weighted by Gasteiger charge is -2.18. The maximum Gasteiger partial charge on any atom is 0.413 e. The molecule has 0 spiro atoms. The molecule has 0 saturated carbocycles. The van der Waals surface area contributed by atoms with Crippen LogP contribution >= 0.6 is 11.3 Å². The van der Waals surface area contributed by atoms with Crippen molar-refractivity contribution in [2.45, 2.75) is 53.1 Å². The molecule has 0 radical (unpaired) electrons. The molecule has 0 fully saturated rings. The molecule has 2 aromatic rings. The number of nitrogens with zero attached hydrogens (tertiary/aromatic N) is 1. The van der Waals surface area contributed by atoms with E-state index in [9.17, 15) is 4.79 Å². The van der Waals surface area contributed by atoms with Gasteiger partial charge < -0.3 is 19.5 Å². The number of benzene rings is 1. The average Bonchev–Trinajstić information content (AvgIpc) is 2.96. The van der Waals surface area contributed by atoms with Gasteiger partial charge in [-0.2, -0.15) is 0 Å². The molecule has 7 nitrogen and oxygen atoms in total. The fraction of sp³-hybridized carbons (Fsp3) is 0.579. The van der Waals surface area contributed by atoms with E-state index in [0.29, 0.717) is 31.4 Å². The normalized spacial score (nSPS) is 11.9. The Morgan fingerprint density at radius 3 is 2.56 bits per heavy atom. The molecular weight excluding hydrogens is 366 g/mol. The summed E-state index contributed by atoms with van der Waals surface area (Å²) in [5, 5.41) is 6.58. The highest BCUT2D eigenvalue weighted by Gasteiger charge is 2.18. The van der Waals surface area contributed by atoms with Gasteiger partial charge in [0.15, 0.2) is 11.4 Å². The minimum atomic E-state index is -0.548. The fourth-order valence-electron chi connectivity index (χ4n) is 2.46. The molecule has 0 unspecified atom stereocenters. The quantitative estimate of drug-likeness (QED) is 0.621. The lowest BCUT2D eigenvalue weighted by atomic mass is 10.2. The fourth-order valence-corrected chi connectivity index (χ4v) is 3.35. The zero-order chi connectivity index (χ0) is 19.9. The molecule has 0 atom stereocenters. The second-order valence-corrected chi connectivity index (χ2v) is 7.91. The number of thiazole rings is 1. The summed E-state index contributed by atoms with van der Waals surface area (Å²) in [6.07, 6.45) is -0.767. The highest BCUT2D eigenvalue weighted by Crippen LogP contribution is 2.28. The van der Waals surface area contributed by atoms with E-state index < -0.39 is 11.7 Å². The maximum absolute atomic E-state index is 12.0. The van der Waals surface area contributed by atoms with Crippen molar-refractivity contribution >= 4 is 32.8 Å². The monoisotopic (exact) mass is 395 g/mol. The first-order chi connectivity index (χ1) is 12.8. The smallest absolute Gasteiger partial charge is 0.413 e. The molecule has 0 bridgehead atoms. The van der Waals surface area contributed by atoms with E-state index in [1.165, 1.54) is 11.3 Å². The van der Waals surface area contributed by atoms with Crippen LogP contribution in [0.25, 0.3) is 10.2 Å². The highest BCUT2D eigenvalue weighted by molar-refractivity contribution is 7.22. The van der Waals surface area contributed by atoms with Gasteiger partial charge in [-0.25, -0.2) is 9.78 Å². The zero-order valence-corrected chi connectivity index (χ0v) is 17.4. The number of fused-ring (bicyclic) bond motifs is 1. The van der Waals surface area contributed by atoms with Crippen LogP contribution in [-0.2, 0) is 20.8 Å². The van der Waals surface area contributed by atoms with Crippen molar-refractivity contribution in [3.63, 3.8) is 0 Å². The molecule has 1 heterocycles. The summed E-state index contributed by atoms with van der Waals surface area (Å²) in [5.41, 5.74) is 1.37. The first kappa shape index (κ1) is 21.6. The van der Waals surface area contributed by atoms with Crippen LogP contribution in [0.2, 0.25) is 0 Å². The van der Waals surface area contributed by atoms with E-state index in [2.05, 4.69) is 15.6 Å². The first-order valence-electron chi connectivity index (χ1n) is 9.14. The molecule has 0 aliphatic carbocycles. The first-order valence-corrected chi connectivity index (χ1v) is 9.96. The minimum absolute atomic E-state index is 0.265. The number of aromatic nitrogens is 1. The predicted molar refractivity (Wildman–Crippen MR) is 108 cm³/mol. The second kappa shape index (κ2) is 9.98. The standard InChI is InChI=1S/C19H29N3O4S/c1-6-24-15(25-7-2)12-20-11-13-9-8-10-14-16(13)21-17(27-14)22-18(23)26-19(3,4)5/h8-10,15,20H,6-7,11-12H2,1-5H3,(H,21,22,23). The van der Waals surface area contributed by atoms with Crippen LogP contribution in [-0.4, -0.2) is 42.7 Å². The molecule has 0 aliphatic rings. The summed E-state index contributed by atoms with van der Waals surface area (Å²) in [6.45, 7) is 11.8. The van der Waals surface area contributed by atoms with Crippen LogP contribution in [0.3, 0.4) is 0 Å².